The quantitative estimate of drug-likeness (QED) is 0.688. The summed E-state index contributed by atoms with van der Waals surface area (Å²) in [6.07, 6.45) is 0. The third kappa shape index (κ3) is 1.60. The highest BCUT2D eigenvalue weighted by Crippen LogP contribution is 2.27. The third-order valence-electron chi connectivity index (χ3n) is 1.78. The molecule has 0 spiro atoms. The van der Waals surface area contributed by atoms with E-state index in [0.29, 0.717) is 21.2 Å². The van der Waals surface area contributed by atoms with Crippen LogP contribution < -0.4 is 0 Å². The highest BCUT2D eigenvalue weighted by Gasteiger charge is 2.08. The van der Waals surface area contributed by atoms with Crippen LogP contribution in [0.4, 0.5) is 4.39 Å². The molecule has 2 nitrogen and oxygen atoms in total. The number of halogens is 3. The molecular formula is C9H5BrClFN2. The molecule has 0 N–H and O–H groups in total. The SMILES string of the molecule is Cc1nc(Cl)c2cc(F)cc(Br)c2n1. The molecule has 0 aliphatic heterocycles. The second-order valence-electron chi connectivity index (χ2n) is 2.85. The molecule has 2 aromatic rings. The fourth-order valence-corrected chi connectivity index (χ4v) is 2.01. The lowest BCUT2D eigenvalue weighted by atomic mass is 10.2. The Labute approximate surface area is 93.3 Å². The van der Waals surface area contributed by atoms with Gasteiger partial charge in [0.1, 0.15) is 16.8 Å². The van der Waals surface area contributed by atoms with E-state index in [0.717, 1.165) is 0 Å². The van der Waals surface area contributed by atoms with Crippen LogP contribution in [0.1, 0.15) is 5.82 Å². The van der Waals surface area contributed by atoms with E-state index in [2.05, 4.69) is 25.9 Å². The van der Waals surface area contributed by atoms with Gasteiger partial charge in [0, 0.05) is 9.86 Å². The van der Waals surface area contributed by atoms with E-state index in [4.69, 9.17) is 11.6 Å². The number of hydrogen-bond acceptors (Lipinski definition) is 2. The minimum atomic E-state index is -0.362. The van der Waals surface area contributed by atoms with E-state index in [1.54, 1.807) is 6.92 Å². The summed E-state index contributed by atoms with van der Waals surface area (Å²) in [4.78, 5) is 8.12. The average molecular weight is 276 g/mol. The first-order valence-corrected chi connectivity index (χ1v) is 5.04. The lowest BCUT2D eigenvalue weighted by Gasteiger charge is -2.03. The van der Waals surface area contributed by atoms with Gasteiger partial charge in [-0.3, -0.25) is 0 Å². The first-order chi connectivity index (χ1) is 6.58. The Kier molecular flexibility index (Phi) is 2.41. The summed E-state index contributed by atoms with van der Waals surface area (Å²) in [6.45, 7) is 1.74. The molecule has 1 aromatic heterocycles. The maximum atomic E-state index is 13.0. The van der Waals surface area contributed by atoms with Crippen molar-refractivity contribution < 1.29 is 4.39 Å². The average Bonchev–Trinajstić information content (AvgIpc) is 2.07. The van der Waals surface area contributed by atoms with Gasteiger partial charge in [0.15, 0.2) is 0 Å². The van der Waals surface area contributed by atoms with Crippen LogP contribution in [0.25, 0.3) is 10.9 Å². The van der Waals surface area contributed by atoms with Crippen LogP contribution >= 0.6 is 27.5 Å². The van der Waals surface area contributed by atoms with Crippen molar-refractivity contribution in [1.82, 2.24) is 9.97 Å². The fraction of sp³-hybridized carbons (Fsp3) is 0.111. The van der Waals surface area contributed by atoms with Gasteiger partial charge in [0.25, 0.3) is 0 Å². The van der Waals surface area contributed by atoms with Gasteiger partial charge >= 0.3 is 0 Å². The zero-order valence-corrected chi connectivity index (χ0v) is 9.52. The molecule has 0 radical (unpaired) electrons. The molecule has 72 valence electrons. The van der Waals surface area contributed by atoms with E-state index < -0.39 is 0 Å². The van der Waals surface area contributed by atoms with Gasteiger partial charge in [0.2, 0.25) is 0 Å². The van der Waals surface area contributed by atoms with E-state index in [1.165, 1.54) is 12.1 Å². The van der Waals surface area contributed by atoms with Gasteiger partial charge in [0.05, 0.1) is 5.52 Å². The van der Waals surface area contributed by atoms with E-state index in [9.17, 15) is 4.39 Å². The number of hydrogen-bond donors (Lipinski definition) is 0. The largest absolute Gasteiger partial charge is 0.232 e. The molecule has 0 aliphatic rings. The number of fused-ring (bicyclic) bond motifs is 1. The van der Waals surface area contributed by atoms with Crippen LogP contribution in [0.15, 0.2) is 16.6 Å². The van der Waals surface area contributed by atoms with Crippen LogP contribution in [0.2, 0.25) is 5.15 Å². The predicted octanol–water partition coefficient (Wildman–Crippen LogP) is 3.49. The van der Waals surface area contributed by atoms with Crippen molar-refractivity contribution in [2.75, 3.05) is 0 Å². The smallest absolute Gasteiger partial charge is 0.140 e. The Bertz CT molecular complexity index is 468. The lowest BCUT2D eigenvalue weighted by Crippen LogP contribution is -1.92. The molecule has 0 aliphatic carbocycles. The standard InChI is InChI=1S/C9H5BrClFN2/c1-4-13-8-6(9(11)14-4)2-5(12)3-7(8)10/h2-3H,1H3. The maximum absolute atomic E-state index is 13.0. The molecule has 14 heavy (non-hydrogen) atoms. The molecule has 1 heterocycles. The lowest BCUT2D eigenvalue weighted by molar-refractivity contribution is 0.628. The topological polar surface area (TPSA) is 25.8 Å². The minimum Gasteiger partial charge on any atom is -0.232 e. The normalized spacial score (nSPS) is 10.9. The van der Waals surface area contributed by atoms with Gasteiger partial charge in [-0.15, -0.1) is 0 Å². The number of rotatable bonds is 0. The van der Waals surface area contributed by atoms with Gasteiger partial charge in [-0.25, -0.2) is 14.4 Å². The van der Waals surface area contributed by atoms with E-state index in [-0.39, 0.29) is 11.0 Å². The predicted molar refractivity (Wildman–Crippen MR) is 56.9 cm³/mol. The number of benzene rings is 1. The van der Waals surface area contributed by atoms with Gasteiger partial charge in [-0.05, 0) is 35.0 Å². The summed E-state index contributed by atoms with van der Waals surface area (Å²) in [5.74, 6) is 0.202. The highest BCUT2D eigenvalue weighted by atomic mass is 79.9. The number of aryl methyl sites for hydroxylation is 1. The first-order valence-electron chi connectivity index (χ1n) is 3.87. The van der Waals surface area contributed by atoms with Crippen molar-refractivity contribution in [3.05, 3.63) is 33.4 Å². The number of aromatic nitrogens is 2. The Morgan fingerprint density at radius 1 is 1.36 bits per heavy atom. The second kappa shape index (κ2) is 3.44. The van der Waals surface area contributed by atoms with Crippen molar-refractivity contribution in [3.63, 3.8) is 0 Å². The Balaban J connectivity index is 2.94. The summed E-state index contributed by atoms with van der Waals surface area (Å²) < 4.78 is 13.6. The fourth-order valence-electron chi connectivity index (χ4n) is 1.23. The molecule has 1 aromatic carbocycles. The third-order valence-corrected chi connectivity index (χ3v) is 2.68. The summed E-state index contributed by atoms with van der Waals surface area (Å²) in [5.41, 5.74) is 0.629. The van der Waals surface area contributed by atoms with Crippen LogP contribution in [0, 0.1) is 12.7 Å². The molecule has 0 amide bonds. The maximum Gasteiger partial charge on any atom is 0.140 e. The molecule has 0 unspecified atom stereocenters. The zero-order valence-electron chi connectivity index (χ0n) is 7.18. The molecule has 5 heteroatoms. The molecule has 0 bridgehead atoms. The monoisotopic (exact) mass is 274 g/mol. The summed E-state index contributed by atoms with van der Waals surface area (Å²) in [5, 5.41) is 0.789. The van der Waals surface area contributed by atoms with Crippen LogP contribution in [-0.2, 0) is 0 Å². The van der Waals surface area contributed by atoms with E-state index >= 15 is 0 Å². The molecule has 0 atom stereocenters. The van der Waals surface area contributed by atoms with Crippen LogP contribution in [0.3, 0.4) is 0 Å². The molecule has 0 saturated heterocycles. The molecular weight excluding hydrogens is 270 g/mol. The van der Waals surface area contributed by atoms with Gasteiger partial charge < -0.3 is 0 Å². The Hall–Kier alpha value is -0.740. The van der Waals surface area contributed by atoms with Crippen molar-refractivity contribution in [2.24, 2.45) is 0 Å². The van der Waals surface area contributed by atoms with Crippen molar-refractivity contribution in [3.8, 4) is 0 Å². The summed E-state index contributed by atoms with van der Waals surface area (Å²) in [7, 11) is 0. The molecule has 0 saturated carbocycles. The van der Waals surface area contributed by atoms with Gasteiger partial charge in [-0.2, -0.15) is 0 Å². The summed E-state index contributed by atoms with van der Waals surface area (Å²) in [6, 6.07) is 2.67. The first kappa shape index (κ1) is 9.80. The highest BCUT2D eigenvalue weighted by molar-refractivity contribution is 9.10. The van der Waals surface area contributed by atoms with Crippen molar-refractivity contribution in [2.45, 2.75) is 6.92 Å². The molecule has 0 fully saturated rings. The second-order valence-corrected chi connectivity index (χ2v) is 4.06. The Morgan fingerprint density at radius 3 is 2.79 bits per heavy atom. The summed E-state index contributed by atoms with van der Waals surface area (Å²) >= 11 is 9.09. The van der Waals surface area contributed by atoms with Gasteiger partial charge in [-0.1, -0.05) is 11.6 Å². The van der Waals surface area contributed by atoms with Crippen LogP contribution in [-0.4, -0.2) is 9.97 Å². The van der Waals surface area contributed by atoms with E-state index in [1.807, 2.05) is 0 Å². The zero-order chi connectivity index (χ0) is 10.3. The van der Waals surface area contributed by atoms with Crippen molar-refractivity contribution in [1.29, 1.82) is 0 Å². The Morgan fingerprint density at radius 2 is 2.07 bits per heavy atom. The van der Waals surface area contributed by atoms with Crippen LogP contribution in [0.5, 0.6) is 0 Å². The number of nitrogens with zero attached hydrogens (tertiary/aromatic N) is 2. The minimum absolute atomic E-state index is 0.271. The van der Waals surface area contributed by atoms with Crippen molar-refractivity contribution >= 4 is 38.4 Å². The molecule has 2 rings (SSSR count).